The molecule has 17 heavy (non-hydrogen) atoms. The quantitative estimate of drug-likeness (QED) is 0.453. The molecule has 0 unspecified atom stereocenters. The van der Waals surface area contributed by atoms with Crippen LogP contribution in [0.3, 0.4) is 0 Å². The van der Waals surface area contributed by atoms with Crippen LogP contribution in [-0.4, -0.2) is 17.1 Å². The number of aliphatic hydroxyl groups is 1. The van der Waals surface area contributed by atoms with Crippen LogP contribution in [0.1, 0.15) is 6.92 Å². The van der Waals surface area contributed by atoms with Crippen LogP contribution in [0.4, 0.5) is 0 Å². The van der Waals surface area contributed by atoms with Gasteiger partial charge in [-0.2, -0.15) is 0 Å². The predicted octanol–water partition coefficient (Wildman–Crippen LogP) is 2.78. The number of aliphatic hydroxyl groups excluding tert-OH is 1. The van der Waals surface area contributed by atoms with Gasteiger partial charge >= 0.3 is 0 Å². The molecule has 0 saturated carbocycles. The second kappa shape index (κ2) is 8.24. The minimum atomic E-state index is -0.806. The summed E-state index contributed by atoms with van der Waals surface area (Å²) >= 11 is 5.39. The van der Waals surface area contributed by atoms with E-state index in [0.717, 1.165) is 9.81 Å². The van der Waals surface area contributed by atoms with E-state index in [1.54, 1.807) is 21.6 Å². The highest BCUT2D eigenvalue weighted by atomic mass is 35.5. The van der Waals surface area contributed by atoms with Crippen LogP contribution in [0.15, 0.2) is 22.0 Å². The molecular formula is C13H9ClOS2. The van der Waals surface area contributed by atoms with Crippen molar-refractivity contribution in [3.8, 4) is 35.5 Å². The zero-order valence-electron chi connectivity index (χ0n) is 9.08. The largest absolute Gasteiger partial charge is 0.379 e. The van der Waals surface area contributed by atoms with Crippen molar-refractivity contribution < 1.29 is 5.11 Å². The Morgan fingerprint density at radius 2 is 1.88 bits per heavy atom. The van der Waals surface area contributed by atoms with Gasteiger partial charge in [-0.3, -0.25) is 0 Å². The van der Waals surface area contributed by atoms with E-state index >= 15 is 0 Å². The van der Waals surface area contributed by atoms with Crippen LogP contribution in [-0.2, 0) is 0 Å². The summed E-state index contributed by atoms with van der Waals surface area (Å²) in [4.78, 5) is 1.94. The van der Waals surface area contributed by atoms with Crippen LogP contribution in [0.25, 0.3) is 0 Å². The Hall–Kier alpha value is -0.890. The fourth-order valence-corrected chi connectivity index (χ4v) is 2.66. The Balaban J connectivity index is 2.61. The molecule has 86 valence electrons. The van der Waals surface area contributed by atoms with Crippen molar-refractivity contribution in [1.82, 2.24) is 0 Å². The molecule has 0 radical (unpaired) electrons. The number of allylic oxidation sites excluding steroid dienone is 4. The molecule has 0 aliphatic carbocycles. The van der Waals surface area contributed by atoms with Crippen molar-refractivity contribution in [1.29, 1.82) is 0 Å². The molecular weight excluding hydrogens is 272 g/mol. The fraction of sp³-hybridized carbons (Fsp3) is 0.231. The normalized spacial score (nSPS) is 14.8. The molecule has 1 N–H and O–H groups in total. The van der Waals surface area contributed by atoms with Crippen molar-refractivity contribution in [3.05, 3.63) is 22.0 Å². The fourth-order valence-electron chi connectivity index (χ4n) is 0.796. The molecule has 1 heterocycles. The van der Waals surface area contributed by atoms with Gasteiger partial charge in [0.05, 0.1) is 15.7 Å². The highest BCUT2D eigenvalue weighted by Gasteiger charge is 2.03. The first kappa shape index (κ1) is 14.2. The Morgan fingerprint density at radius 1 is 1.24 bits per heavy atom. The van der Waals surface area contributed by atoms with Crippen LogP contribution < -0.4 is 0 Å². The summed E-state index contributed by atoms with van der Waals surface area (Å²) in [6.07, 6.45) is 3.04. The van der Waals surface area contributed by atoms with E-state index in [9.17, 15) is 0 Å². The third kappa shape index (κ3) is 5.83. The zero-order chi connectivity index (χ0) is 12.5. The summed E-state index contributed by atoms with van der Waals surface area (Å²) in [7, 11) is 3.13. The van der Waals surface area contributed by atoms with Gasteiger partial charge in [0, 0.05) is 0 Å². The highest BCUT2D eigenvalue weighted by Crippen LogP contribution is 2.39. The number of halogens is 1. The van der Waals surface area contributed by atoms with Gasteiger partial charge in [-0.15, -0.1) is 17.5 Å². The van der Waals surface area contributed by atoms with Gasteiger partial charge in [0.2, 0.25) is 0 Å². The molecule has 1 rings (SSSR count). The third-order valence-corrected chi connectivity index (χ3v) is 4.03. The molecule has 1 atom stereocenters. The summed E-state index contributed by atoms with van der Waals surface area (Å²) < 4.78 is 0. The van der Waals surface area contributed by atoms with Crippen molar-refractivity contribution in [2.75, 3.05) is 5.88 Å². The molecule has 1 nitrogen and oxygen atoms in total. The monoisotopic (exact) mass is 280 g/mol. The summed E-state index contributed by atoms with van der Waals surface area (Å²) in [6, 6.07) is 0. The molecule has 0 spiro atoms. The van der Waals surface area contributed by atoms with E-state index in [4.69, 9.17) is 16.7 Å². The van der Waals surface area contributed by atoms with E-state index in [1.165, 1.54) is 0 Å². The lowest BCUT2D eigenvalue weighted by atomic mass is 10.4. The van der Waals surface area contributed by atoms with Crippen molar-refractivity contribution in [3.63, 3.8) is 0 Å². The highest BCUT2D eigenvalue weighted by molar-refractivity contribution is 8.79. The predicted molar refractivity (Wildman–Crippen MR) is 77.1 cm³/mol. The number of hydrogen-bond acceptors (Lipinski definition) is 3. The minimum Gasteiger partial charge on any atom is -0.379 e. The van der Waals surface area contributed by atoms with Crippen molar-refractivity contribution in [2.24, 2.45) is 0 Å². The lowest BCUT2D eigenvalue weighted by molar-refractivity contribution is 0.256. The van der Waals surface area contributed by atoms with Crippen LogP contribution in [0.5, 0.6) is 0 Å². The first-order valence-electron chi connectivity index (χ1n) is 4.71. The number of alkyl halides is 1. The molecule has 1 aliphatic rings. The lowest BCUT2D eigenvalue weighted by Gasteiger charge is -2.03. The Morgan fingerprint density at radius 3 is 2.41 bits per heavy atom. The maximum Gasteiger partial charge on any atom is 0.129 e. The molecule has 0 amide bonds. The first-order chi connectivity index (χ1) is 8.26. The average Bonchev–Trinajstić information content (AvgIpc) is 2.36. The summed E-state index contributed by atoms with van der Waals surface area (Å²) in [5.41, 5.74) is 0. The van der Waals surface area contributed by atoms with Crippen LogP contribution in [0.2, 0.25) is 0 Å². The van der Waals surface area contributed by atoms with Gasteiger partial charge in [-0.1, -0.05) is 11.8 Å². The first-order valence-corrected chi connectivity index (χ1v) is 7.39. The zero-order valence-corrected chi connectivity index (χ0v) is 11.5. The summed E-state index contributed by atoms with van der Waals surface area (Å²) in [5, 5.41) is 9.07. The van der Waals surface area contributed by atoms with E-state index in [2.05, 4.69) is 35.5 Å². The van der Waals surface area contributed by atoms with Crippen LogP contribution in [0, 0.1) is 35.5 Å². The van der Waals surface area contributed by atoms with Gasteiger partial charge < -0.3 is 5.11 Å². The molecule has 0 aromatic rings. The Bertz CT molecular complexity index is 515. The Kier molecular flexibility index (Phi) is 6.87. The standard InChI is InChI=1S/C13H9ClOS2/c1-2-5-12-8-9-13(17-16-12)7-4-3-6-11(15)10-14/h8-9,11,15H,10H2,1H3/t11-/m0/s1. The molecule has 0 bridgehead atoms. The molecule has 0 saturated heterocycles. The van der Waals surface area contributed by atoms with Gasteiger partial charge in [0.25, 0.3) is 0 Å². The van der Waals surface area contributed by atoms with Crippen LogP contribution >= 0.6 is 33.2 Å². The maximum absolute atomic E-state index is 9.07. The SMILES string of the molecule is CC#CC1=CC=C(C#CC#C[C@H](O)CCl)SS1. The smallest absolute Gasteiger partial charge is 0.129 e. The second-order valence-corrected chi connectivity index (χ2v) is 5.31. The average molecular weight is 281 g/mol. The topological polar surface area (TPSA) is 20.2 Å². The van der Waals surface area contributed by atoms with Gasteiger partial charge in [0.15, 0.2) is 0 Å². The Labute approximate surface area is 114 Å². The molecule has 4 heteroatoms. The maximum atomic E-state index is 9.07. The molecule has 0 aromatic heterocycles. The van der Waals surface area contributed by atoms with Gasteiger partial charge in [-0.05, 0) is 58.4 Å². The van der Waals surface area contributed by atoms with Crippen molar-refractivity contribution in [2.45, 2.75) is 13.0 Å². The third-order valence-electron chi connectivity index (χ3n) is 1.49. The summed E-state index contributed by atoms with van der Waals surface area (Å²) in [5.74, 6) is 16.6. The van der Waals surface area contributed by atoms with E-state index < -0.39 is 6.10 Å². The number of hydrogen-bond donors (Lipinski definition) is 1. The lowest BCUT2D eigenvalue weighted by Crippen LogP contribution is -2.02. The van der Waals surface area contributed by atoms with E-state index in [0.29, 0.717) is 0 Å². The number of rotatable bonds is 1. The minimum absolute atomic E-state index is 0.101. The van der Waals surface area contributed by atoms with E-state index in [-0.39, 0.29) is 5.88 Å². The molecule has 1 aliphatic heterocycles. The summed E-state index contributed by atoms with van der Waals surface area (Å²) in [6.45, 7) is 1.81. The van der Waals surface area contributed by atoms with E-state index in [1.807, 2.05) is 19.1 Å². The second-order valence-electron chi connectivity index (χ2n) is 2.79. The van der Waals surface area contributed by atoms with Crippen molar-refractivity contribution >= 4 is 33.2 Å². The molecule has 0 aromatic carbocycles. The van der Waals surface area contributed by atoms with Gasteiger partial charge in [0.1, 0.15) is 6.10 Å². The molecule has 0 fully saturated rings. The van der Waals surface area contributed by atoms with Gasteiger partial charge in [-0.25, -0.2) is 0 Å².